The molecule has 5 heteroatoms. The van der Waals surface area contributed by atoms with Crippen LogP contribution in [-0.4, -0.2) is 5.91 Å². The zero-order chi connectivity index (χ0) is 12.3. The van der Waals surface area contributed by atoms with Crippen LogP contribution in [0.4, 0.5) is 5.69 Å². The van der Waals surface area contributed by atoms with Crippen molar-refractivity contribution in [3.8, 4) is 0 Å². The van der Waals surface area contributed by atoms with Gasteiger partial charge in [-0.2, -0.15) is 0 Å². The fourth-order valence-electron chi connectivity index (χ4n) is 1.38. The summed E-state index contributed by atoms with van der Waals surface area (Å²) in [7, 11) is 0. The molecule has 0 aromatic heterocycles. The molecular formula is C13H10Cl2INO. The molecule has 1 amide bonds. The number of halogens is 3. The minimum Gasteiger partial charge on any atom is -0.321 e. The smallest absolute Gasteiger partial charge is 0.255 e. The van der Waals surface area contributed by atoms with Gasteiger partial charge < -0.3 is 5.32 Å². The summed E-state index contributed by atoms with van der Waals surface area (Å²) < 4.78 is 0. The Morgan fingerprint density at radius 1 is 1.00 bits per heavy atom. The van der Waals surface area contributed by atoms with E-state index in [1.165, 1.54) is 0 Å². The summed E-state index contributed by atoms with van der Waals surface area (Å²) in [6, 6.07) is 13.8. The third-order valence-corrected chi connectivity index (χ3v) is 2.78. The third-order valence-electron chi connectivity index (χ3n) is 2.21. The van der Waals surface area contributed by atoms with Crippen LogP contribution in [0.25, 0.3) is 0 Å². The first-order valence-corrected chi connectivity index (χ1v) is 5.74. The highest BCUT2D eigenvalue weighted by Gasteiger charge is 2.08. The third kappa shape index (κ3) is 3.86. The van der Waals surface area contributed by atoms with Crippen LogP contribution in [0.3, 0.4) is 0 Å². The molecule has 0 bridgehead atoms. The van der Waals surface area contributed by atoms with Crippen molar-refractivity contribution in [1.82, 2.24) is 0 Å². The summed E-state index contributed by atoms with van der Waals surface area (Å²) in [6.45, 7) is 0. The Hall–Kier alpha value is -0.780. The second kappa shape index (κ2) is 6.97. The molecule has 0 saturated carbocycles. The Kier molecular flexibility index (Phi) is 5.91. The number of amides is 1. The van der Waals surface area contributed by atoms with Crippen molar-refractivity contribution in [2.24, 2.45) is 0 Å². The van der Waals surface area contributed by atoms with Crippen LogP contribution in [0.2, 0.25) is 10.0 Å². The molecule has 2 nitrogen and oxygen atoms in total. The molecule has 18 heavy (non-hydrogen) atoms. The second-order valence-corrected chi connectivity index (χ2v) is 4.29. The van der Waals surface area contributed by atoms with Crippen molar-refractivity contribution in [3.05, 3.63) is 64.1 Å². The van der Waals surface area contributed by atoms with Crippen LogP contribution >= 0.6 is 47.2 Å². The maximum absolute atomic E-state index is 11.9. The number of rotatable bonds is 2. The molecule has 0 aliphatic carbocycles. The lowest BCUT2D eigenvalue weighted by molar-refractivity contribution is 0.102. The SMILES string of the molecule is I.O=C(Nc1cc(Cl)ccc1Cl)c1ccccc1. The molecule has 0 heterocycles. The summed E-state index contributed by atoms with van der Waals surface area (Å²) in [6.07, 6.45) is 0. The lowest BCUT2D eigenvalue weighted by atomic mass is 10.2. The van der Waals surface area contributed by atoms with Crippen LogP contribution in [0.5, 0.6) is 0 Å². The van der Waals surface area contributed by atoms with Crippen LogP contribution in [0, 0.1) is 0 Å². The summed E-state index contributed by atoms with van der Waals surface area (Å²) >= 11 is 11.8. The van der Waals surface area contributed by atoms with Crippen LogP contribution in [0.15, 0.2) is 48.5 Å². The number of hydrogen-bond acceptors (Lipinski definition) is 1. The quantitative estimate of drug-likeness (QED) is 0.725. The normalized spacial score (nSPS) is 9.44. The first kappa shape index (κ1) is 15.3. The first-order valence-electron chi connectivity index (χ1n) is 4.98. The maximum Gasteiger partial charge on any atom is 0.255 e. The van der Waals surface area contributed by atoms with E-state index < -0.39 is 0 Å². The van der Waals surface area contributed by atoms with Gasteiger partial charge in [-0.1, -0.05) is 41.4 Å². The Balaban J connectivity index is 0.00000162. The van der Waals surface area contributed by atoms with Gasteiger partial charge in [0.15, 0.2) is 0 Å². The van der Waals surface area contributed by atoms with E-state index in [0.29, 0.717) is 21.3 Å². The van der Waals surface area contributed by atoms with E-state index in [2.05, 4.69) is 5.32 Å². The zero-order valence-corrected chi connectivity index (χ0v) is 13.0. The Morgan fingerprint density at radius 2 is 1.67 bits per heavy atom. The Labute approximate surface area is 132 Å². The van der Waals surface area contributed by atoms with Gasteiger partial charge >= 0.3 is 0 Å². The van der Waals surface area contributed by atoms with E-state index >= 15 is 0 Å². The molecule has 0 aliphatic rings. The molecule has 0 unspecified atom stereocenters. The summed E-state index contributed by atoms with van der Waals surface area (Å²) in [5.74, 6) is -0.213. The largest absolute Gasteiger partial charge is 0.321 e. The summed E-state index contributed by atoms with van der Waals surface area (Å²) in [4.78, 5) is 11.9. The van der Waals surface area contributed by atoms with Gasteiger partial charge in [0.2, 0.25) is 0 Å². The highest BCUT2D eigenvalue weighted by atomic mass is 127. The van der Waals surface area contributed by atoms with E-state index in [1.807, 2.05) is 6.07 Å². The molecule has 0 atom stereocenters. The van der Waals surface area contributed by atoms with E-state index in [9.17, 15) is 4.79 Å². The van der Waals surface area contributed by atoms with Gasteiger partial charge in [0.25, 0.3) is 5.91 Å². The van der Waals surface area contributed by atoms with Gasteiger partial charge in [-0.05, 0) is 30.3 Å². The van der Waals surface area contributed by atoms with Gasteiger partial charge in [0, 0.05) is 10.6 Å². The lowest BCUT2D eigenvalue weighted by Crippen LogP contribution is -2.11. The van der Waals surface area contributed by atoms with E-state index in [1.54, 1.807) is 42.5 Å². The molecule has 0 aliphatic heterocycles. The molecule has 1 N–H and O–H groups in total. The molecular weight excluding hydrogens is 384 g/mol. The van der Waals surface area contributed by atoms with Gasteiger partial charge in [0.1, 0.15) is 0 Å². The van der Waals surface area contributed by atoms with E-state index in [4.69, 9.17) is 23.2 Å². The molecule has 94 valence electrons. The summed E-state index contributed by atoms with van der Waals surface area (Å²) in [5.41, 5.74) is 1.08. The van der Waals surface area contributed by atoms with Gasteiger partial charge in [0.05, 0.1) is 10.7 Å². The van der Waals surface area contributed by atoms with Crippen molar-refractivity contribution >= 4 is 58.8 Å². The minimum absolute atomic E-state index is 0. The van der Waals surface area contributed by atoms with Crippen molar-refractivity contribution in [2.45, 2.75) is 0 Å². The average molecular weight is 394 g/mol. The maximum atomic E-state index is 11.9. The fraction of sp³-hybridized carbons (Fsp3) is 0. The molecule has 0 saturated heterocycles. The van der Waals surface area contributed by atoms with Crippen molar-refractivity contribution in [2.75, 3.05) is 5.32 Å². The van der Waals surface area contributed by atoms with Gasteiger partial charge in [-0.25, -0.2) is 0 Å². The molecule has 0 spiro atoms. The standard InChI is InChI=1S/C13H9Cl2NO.HI/c14-10-6-7-11(15)12(8-10)16-13(17)9-4-2-1-3-5-9;/h1-8H,(H,16,17);1H. The second-order valence-electron chi connectivity index (χ2n) is 3.44. The van der Waals surface area contributed by atoms with Gasteiger partial charge in [-0.3, -0.25) is 4.79 Å². The number of carbonyl (C=O) groups excluding carboxylic acids is 1. The highest BCUT2D eigenvalue weighted by molar-refractivity contribution is 14.0. The Bertz CT molecular complexity index is 546. The predicted octanol–water partition coefficient (Wildman–Crippen LogP) is 4.86. The lowest BCUT2D eigenvalue weighted by Gasteiger charge is -2.07. The van der Waals surface area contributed by atoms with Gasteiger partial charge in [-0.15, -0.1) is 24.0 Å². The van der Waals surface area contributed by atoms with Crippen molar-refractivity contribution in [1.29, 1.82) is 0 Å². The molecule has 0 fully saturated rings. The molecule has 2 aromatic carbocycles. The molecule has 2 aromatic rings. The fourth-order valence-corrected chi connectivity index (χ4v) is 1.71. The predicted molar refractivity (Wildman–Crippen MR) is 86.3 cm³/mol. The first-order chi connectivity index (χ1) is 8.16. The number of benzene rings is 2. The van der Waals surface area contributed by atoms with E-state index in [0.717, 1.165) is 0 Å². The number of anilines is 1. The number of hydrogen-bond donors (Lipinski definition) is 1. The van der Waals surface area contributed by atoms with Crippen LogP contribution in [0.1, 0.15) is 10.4 Å². The molecule has 2 rings (SSSR count). The number of nitrogens with one attached hydrogen (secondary N) is 1. The van der Waals surface area contributed by atoms with Crippen LogP contribution in [-0.2, 0) is 0 Å². The number of carbonyl (C=O) groups is 1. The Morgan fingerprint density at radius 3 is 2.33 bits per heavy atom. The zero-order valence-electron chi connectivity index (χ0n) is 9.19. The minimum atomic E-state index is -0.213. The van der Waals surface area contributed by atoms with E-state index in [-0.39, 0.29) is 29.9 Å². The average Bonchev–Trinajstić information content (AvgIpc) is 2.35. The van der Waals surface area contributed by atoms with Crippen molar-refractivity contribution in [3.63, 3.8) is 0 Å². The topological polar surface area (TPSA) is 29.1 Å². The van der Waals surface area contributed by atoms with Crippen LogP contribution < -0.4 is 5.32 Å². The molecule has 0 radical (unpaired) electrons. The summed E-state index contributed by atoms with van der Waals surface area (Å²) in [5, 5.41) is 3.69. The van der Waals surface area contributed by atoms with Crippen molar-refractivity contribution < 1.29 is 4.79 Å². The highest BCUT2D eigenvalue weighted by Crippen LogP contribution is 2.25. The monoisotopic (exact) mass is 393 g/mol.